The minimum Gasteiger partial charge on any atom is -0.438 e. The Hall–Kier alpha value is -5.19. The van der Waals surface area contributed by atoms with E-state index in [-0.39, 0.29) is 29.6 Å². The zero-order chi connectivity index (χ0) is 28.9. The van der Waals surface area contributed by atoms with Crippen molar-refractivity contribution in [1.82, 2.24) is 19.5 Å². The Morgan fingerprint density at radius 1 is 1.12 bits per heavy atom. The van der Waals surface area contributed by atoms with Gasteiger partial charge in [-0.1, -0.05) is 30.8 Å². The van der Waals surface area contributed by atoms with Crippen molar-refractivity contribution in [2.75, 3.05) is 10.6 Å². The van der Waals surface area contributed by atoms with E-state index in [0.29, 0.717) is 50.6 Å². The fourth-order valence-corrected chi connectivity index (χ4v) is 5.19. The monoisotopic (exact) mass is 556 g/mol. The fourth-order valence-electron chi connectivity index (χ4n) is 5.19. The van der Waals surface area contributed by atoms with Gasteiger partial charge in [0.2, 0.25) is 11.8 Å². The highest BCUT2D eigenvalue weighted by atomic mass is 19.4. The van der Waals surface area contributed by atoms with E-state index >= 15 is 0 Å². The van der Waals surface area contributed by atoms with Gasteiger partial charge in [0, 0.05) is 36.6 Å². The van der Waals surface area contributed by atoms with Gasteiger partial charge in [-0.2, -0.15) is 13.2 Å². The number of nitrogens with zero attached hydrogens (tertiary/aromatic N) is 4. The Balaban J connectivity index is 1.58. The van der Waals surface area contributed by atoms with Gasteiger partial charge in [-0.25, -0.2) is 15.0 Å². The molecule has 1 amide bonds. The lowest BCUT2D eigenvalue weighted by Crippen LogP contribution is -2.14. The van der Waals surface area contributed by atoms with Crippen LogP contribution in [0.3, 0.4) is 0 Å². The van der Waals surface area contributed by atoms with Crippen molar-refractivity contribution in [3.8, 4) is 34.0 Å². The molecule has 0 saturated carbocycles. The summed E-state index contributed by atoms with van der Waals surface area (Å²) in [7, 11) is 1.80. The molecular formula is C30H23F3N6O2. The van der Waals surface area contributed by atoms with Crippen LogP contribution >= 0.6 is 0 Å². The van der Waals surface area contributed by atoms with E-state index in [1.807, 2.05) is 4.57 Å². The number of aryl methyl sites for hydroxylation is 2. The largest absolute Gasteiger partial charge is 0.438 e. The van der Waals surface area contributed by atoms with E-state index in [9.17, 15) is 18.0 Å². The second kappa shape index (κ2) is 9.77. The molecule has 6 rings (SSSR count). The highest BCUT2D eigenvalue weighted by Crippen LogP contribution is 2.50. The number of hydrogen-bond acceptors (Lipinski definition) is 6. The smallest absolute Gasteiger partial charge is 0.420 e. The maximum atomic E-state index is 14.8. The quantitative estimate of drug-likeness (QED) is 0.230. The van der Waals surface area contributed by atoms with Gasteiger partial charge < -0.3 is 19.9 Å². The summed E-state index contributed by atoms with van der Waals surface area (Å²) in [6.07, 6.45) is -2.18. The summed E-state index contributed by atoms with van der Waals surface area (Å²) in [6.45, 7) is 5.05. The molecule has 0 spiro atoms. The van der Waals surface area contributed by atoms with E-state index in [2.05, 4.69) is 32.2 Å². The number of carbonyl (C=O) groups excluding carboxylic acids is 1. The van der Waals surface area contributed by atoms with Crippen LogP contribution in [0.2, 0.25) is 0 Å². The first-order chi connectivity index (χ1) is 19.7. The predicted molar refractivity (Wildman–Crippen MR) is 150 cm³/mol. The lowest BCUT2D eigenvalue weighted by atomic mass is 9.92. The molecule has 2 aromatic carbocycles. The standard InChI is InChI=1S/C30H23F3N6O2/c1-4-22(40)38-18-10-8-17(9-11-18)27-24-19-12-13-21(41-23-7-5-6-16(2)37-23)26(30(31,32)33)20(19)14-34-28-25(24)29(39(27)3)36-15-35-28/h4-13,15H,1,14H2,2-3H3,(H,38,40)(H,34,35,36). The molecule has 4 heterocycles. The number of amides is 1. The van der Waals surface area contributed by atoms with Gasteiger partial charge >= 0.3 is 6.18 Å². The van der Waals surface area contributed by atoms with Crippen molar-refractivity contribution in [2.45, 2.75) is 19.6 Å². The minimum absolute atomic E-state index is 0.0178. The molecule has 0 saturated heterocycles. The van der Waals surface area contributed by atoms with Crippen LogP contribution in [0.1, 0.15) is 16.8 Å². The summed E-state index contributed by atoms with van der Waals surface area (Å²) in [5, 5.41) is 6.40. The molecule has 2 N–H and O–H groups in total. The molecule has 0 fully saturated rings. The van der Waals surface area contributed by atoms with E-state index in [1.54, 1.807) is 56.4 Å². The van der Waals surface area contributed by atoms with Gasteiger partial charge in [-0.05, 0) is 54.0 Å². The molecule has 1 aliphatic heterocycles. The van der Waals surface area contributed by atoms with Crippen molar-refractivity contribution in [2.24, 2.45) is 7.05 Å². The van der Waals surface area contributed by atoms with Crippen molar-refractivity contribution in [1.29, 1.82) is 0 Å². The van der Waals surface area contributed by atoms with E-state index < -0.39 is 11.7 Å². The zero-order valence-electron chi connectivity index (χ0n) is 22.0. The van der Waals surface area contributed by atoms with Crippen molar-refractivity contribution in [3.05, 3.63) is 90.4 Å². The van der Waals surface area contributed by atoms with Crippen molar-refractivity contribution >= 4 is 28.4 Å². The van der Waals surface area contributed by atoms with Gasteiger partial charge in [0.1, 0.15) is 29.1 Å². The number of pyridine rings is 1. The van der Waals surface area contributed by atoms with Gasteiger partial charge in [-0.15, -0.1) is 0 Å². The summed E-state index contributed by atoms with van der Waals surface area (Å²) < 4.78 is 51.9. The molecule has 41 heavy (non-hydrogen) atoms. The van der Waals surface area contributed by atoms with E-state index in [1.165, 1.54) is 24.5 Å². The molecule has 8 nitrogen and oxygen atoms in total. The molecule has 0 unspecified atom stereocenters. The number of halogens is 3. The molecule has 0 atom stereocenters. The summed E-state index contributed by atoms with van der Waals surface area (Å²) in [5.41, 5.74) is 3.16. The van der Waals surface area contributed by atoms with Gasteiger partial charge in [0.15, 0.2) is 0 Å². The number of ether oxygens (including phenoxy) is 1. The molecule has 0 radical (unpaired) electrons. The maximum Gasteiger partial charge on any atom is 0.420 e. The lowest BCUT2D eigenvalue weighted by Gasteiger charge is -2.20. The lowest BCUT2D eigenvalue weighted by molar-refractivity contribution is -0.139. The SMILES string of the molecule is C=CC(=O)Nc1ccc(-c2c3c4c(ncnc4n2C)NCc2c-3ccc(Oc3cccc(C)n3)c2C(F)(F)F)cc1. The average molecular weight is 557 g/mol. The average Bonchev–Trinajstić information content (AvgIpc) is 3.13. The predicted octanol–water partition coefficient (Wildman–Crippen LogP) is 6.87. The Labute approximate surface area is 232 Å². The third kappa shape index (κ3) is 4.54. The van der Waals surface area contributed by atoms with E-state index in [0.717, 1.165) is 0 Å². The van der Waals surface area contributed by atoms with Gasteiger partial charge in [-0.3, -0.25) is 4.79 Å². The summed E-state index contributed by atoms with van der Waals surface area (Å²) in [6, 6.07) is 14.9. The number of aromatic nitrogens is 4. The molecule has 206 valence electrons. The number of nitrogens with one attached hydrogen (secondary N) is 2. The maximum absolute atomic E-state index is 14.8. The first kappa shape index (κ1) is 26.1. The van der Waals surface area contributed by atoms with Gasteiger partial charge in [0.05, 0.1) is 11.1 Å². The molecule has 5 aromatic rings. The summed E-state index contributed by atoms with van der Waals surface area (Å²) in [4.78, 5) is 24.8. The van der Waals surface area contributed by atoms with Crippen LogP contribution in [0.4, 0.5) is 24.7 Å². The molecular weight excluding hydrogens is 533 g/mol. The third-order valence-corrected chi connectivity index (χ3v) is 6.92. The molecule has 0 aliphatic carbocycles. The Morgan fingerprint density at radius 2 is 1.90 bits per heavy atom. The zero-order valence-corrected chi connectivity index (χ0v) is 22.0. The Bertz CT molecular complexity index is 1840. The van der Waals surface area contributed by atoms with Crippen LogP contribution in [0, 0.1) is 6.92 Å². The Kier molecular flexibility index (Phi) is 6.21. The number of carbonyl (C=O) groups is 1. The normalized spacial score (nSPS) is 12.3. The fraction of sp³-hybridized carbons (Fsp3) is 0.133. The molecule has 0 bridgehead atoms. The van der Waals surface area contributed by atoms with Crippen molar-refractivity contribution in [3.63, 3.8) is 0 Å². The van der Waals surface area contributed by atoms with Gasteiger partial charge in [0.25, 0.3) is 0 Å². The molecule has 1 aliphatic rings. The number of benzene rings is 2. The topological polar surface area (TPSA) is 94.0 Å². The molecule has 3 aromatic heterocycles. The van der Waals surface area contributed by atoms with Crippen LogP contribution in [-0.4, -0.2) is 25.4 Å². The number of anilines is 2. The summed E-state index contributed by atoms with van der Waals surface area (Å²) >= 11 is 0. The minimum atomic E-state index is -4.73. The number of alkyl halides is 3. The van der Waals surface area contributed by atoms with Crippen LogP contribution in [-0.2, 0) is 24.6 Å². The van der Waals surface area contributed by atoms with Crippen LogP contribution in [0.25, 0.3) is 33.4 Å². The second-order valence-electron chi connectivity index (χ2n) is 9.51. The highest BCUT2D eigenvalue weighted by molar-refractivity contribution is 6.10. The van der Waals surface area contributed by atoms with Crippen molar-refractivity contribution < 1.29 is 22.7 Å². The van der Waals surface area contributed by atoms with Crippen LogP contribution < -0.4 is 15.4 Å². The first-order valence-electron chi connectivity index (χ1n) is 12.6. The second-order valence-corrected chi connectivity index (χ2v) is 9.51. The number of rotatable bonds is 5. The highest BCUT2D eigenvalue weighted by Gasteiger charge is 2.40. The Morgan fingerprint density at radius 3 is 2.61 bits per heavy atom. The number of hydrogen-bond donors (Lipinski definition) is 2. The van der Waals surface area contributed by atoms with Crippen LogP contribution in [0.15, 0.2) is 73.6 Å². The first-order valence-corrected chi connectivity index (χ1v) is 12.6. The number of fused-ring (bicyclic) bond motifs is 2. The van der Waals surface area contributed by atoms with Crippen LogP contribution in [0.5, 0.6) is 11.6 Å². The molecule has 11 heteroatoms. The third-order valence-electron chi connectivity index (χ3n) is 6.92. The van der Waals surface area contributed by atoms with E-state index in [4.69, 9.17) is 4.74 Å². The summed E-state index contributed by atoms with van der Waals surface area (Å²) in [5.74, 6) is -0.205.